The molecule has 0 atom stereocenters. The van der Waals surface area contributed by atoms with Crippen LogP contribution in [0.1, 0.15) is 11.1 Å². The fourth-order valence-corrected chi connectivity index (χ4v) is 4.28. The van der Waals surface area contributed by atoms with Gasteiger partial charge in [-0.05, 0) is 35.4 Å². The fourth-order valence-electron chi connectivity index (χ4n) is 4.28. The van der Waals surface area contributed by atoms with Crippen molar-refractivity contribution in [3.8, 4) is 11.1 Å². The van der Waals surface area contributed by atoms with Crippen molar-refractivity contribution in [2.75, 3.05) is 0 Å². The molecule has 162 valence electrons. The lowest BCUT2D eigenvalue weighted by molar-refractivity contribution is -0.688. The lowest BCUT2D eigenvalue weighted by Crippen LogP contribution is -2.33. The van der Waals surface area contributed by atoms with Gasteiger partial charge in [-0.25, -0.2) is 19.1 Å². The monoisotopic (exact) mass is 440 g/mol. The minimum Gasteiger partial charge on any atom is -0.245 e. The van der Waals surface area contributed by atoms with Crippen molar-refractivity contribution in [2.24, 2.45) is 0 Å². The molecular weight excluding hydrogens is 416 g/mol. The molecule has 3 heterocycles. The molecule has 0 fully saturated rings. The third kappa shape index (κ3) is 4.26. The summed E-state index contributed by atoms with van der Waals surface area (Å²) in [6.07, 6.45) is 8.56. The first-order valence-electron chi connectivity index (χ1n) is 11.5. The maximum absolute atomic E-state index is 4.79. The highest BCUT2D eigenvalue weighted by atomic mass is 14.9. The zero-order valence-electron chi connectivity index (χ0n) is 18.8. The van der Waals surface area contributed by atoms with Crippen molar-refractivity contribution in [2.45, 2.75) is 13.1 Å². The van der Waals surface area contributed by atoms with Gasteiger partial charge in [0.2, 0.25) is 0 Å². The van der Waals surface area contributed by atoms with Crippen LogP contribution in [0.2, 0.25) is 0 Å². The van der Waals surface area contributed by atoms with E-state index < -0.39 is 0 Å². The van der Waals surface area contributed by atoms with E-state index in [9.17, 15) is 0 Å². The summed E-state index contributed by atoms with van der Waals surface area (Å²) in [6.45, 7) is 1.67. The Morgan fingerprint density at radius 1 is 0.441 bits per heavy atom. The van der Waals surface area contributed by atoms with E-state index in [1.165, 1.54) is 22.3 Å². The van der Waals surface area contributed by atoms with E-state index in [4.69, 9.17) is 9.97 Å². The topological polar surface area (TPSA) is 33.5 Å². The summed E-state index contributed by atoms with van der Waals surface area (Å²) in [6, 6.07) is 33.6. The van der Waals surface area contributed by atoms with Crippen LogP contribution in [0.15, 0.2) is 122 Å². The standard InChI is InChI=1S/C30H24N4/c1-2-6-23(7-3-1)21-33-16-12-25(13-17-33)26-14-18-34(19-15-26)22-24-10-11-29-30(20-24)32-28-9-5-4-8-27(28)31-29/h1-20H,21-22H2/q+2. The van der Waals surface area contributed by atoms with Crippen LogP contribution in [-0.2, 0) is 13.1 Å². The van der Waals surface area contributed by atoms with Crippen LogP contribution in [0.25, 0.3) is 33.2 Å². The van der Waals surface area contributed by atoms with Crippen molar-refractivity contribution < 1.29 is 9.13 Å². The highest BCUT2D eigenvalue weighted by molar-refractivity contribution is 5.86. The number of hydrogen-bond donors (Lipinski definition) is 0. The molecule has 0 aliphatic carbocycles. The average molecular weight is 441 g/mol. The van der Waals surface area contributed by atoms with Crippen molar-refractivity contribution in [3.05, 3.63) is 133 Å². The molecule has 0 amide bonds. The predicted octanol–water partition coefficient (Wildman–Crippen LogP) is 5.12. The van der Waals surface area contributed by atoms with Gasteiger partial charge in [-0.15, -0.1) is 0 Å². The molecule has 4 nitrogen and oxygen atoms in total. The Bertz CT molecular complexity index is 1570. The number of hydrogen-bond acceptors (Lipinski definition) is 2. The molecule has 0 aliphatic rings. The maximum atomic E-state index is 4.79. The Labute approximate surface area is 198 Å². The molecule has 0 bridgehead atoms. The predicted molar refractivity (Wildman–Crippen MR) is 134 cm³/mol. The van der Waals surface area contributed by atoms with Crippen molar-refractivity contribution in [1.82, 2.24) is 9.97 Å². The first-order chi connectivity index (χ1) is 16.8. The molecule has 6 aromatic rings. The van der Waals surface area contributed by atoms with Crippen LogP contribution in [0.3, 0.4) is 0 Å². The van der Waals surface area contributed by atoms with Crippen molar-refractivity contribution >= 4 is 22.1 Å². The van der Waals surface area contributed by atoms with E-state index >= 15 is 0 Å². The fraction of sp³-hybridized carbons (Fsp3) is 0.0667. The van der Waals surface area contributed by atoms with Gasteiger partial charge >= 0.3 is 0 Å². The highest BCUT2D eigenvalue weighted by Gasteiger charge is 2.09. The Balaban J connectivity index is 1.18. The molecule has 3 aromatic carbocycles. The maximum Gasteiger partial charge on any atom is 0.173 e. The first kappa shape index (κ1) is 20.2. The average Bonchev–Trinajstić information content (AvgIpc) is 2.89. The summed E-state index contributed by atoms with van der Waals surface area (Å²) in [5, 5.41) is 0. The van der Waals surface area contributed by atoms with Gasteiger partial charge in [0.1, 0.15) is 0 Å². The Morgan fingerprint density at radius 3 is 1.56 bits per heavy atom. The number of rotatable bonds is 5. The molecule has 4 heteroatoms. The van der Waals surface area contributed by atoms with Gasteiger partial charge in [-0.2, -0.15) is 0 Å². The minimum absolute atomic E-state index is 0.788. The molecule has 0 spiro atoms. The smallest absolute Gasteiger partial charge is 0.173 e. The summed E-state index contributed by atoms with van der Waals surface area (Å²) in [7, 11) is 0. The van der Waals surface area contributed by atoms with Gasteiger partial charge in [0.15, 0.2) is 37.9 Å². The number of aromatic nitrogens is 4. The molecule has 0 radical (unpaired) electrons. The lowest BCUT2D eigenvalue weighted by Gasteiger charge is -2.04. The normalized spacial score (nSPS) is 11.2. The van der Waals surface area contributed by atoms with Gasteiger partial charge in [-0.3, -0.25) is 0 Å². The molecule has 3 aromatic heterocycles. The van der Waals surface area contributed by atoms with E-state index in [0.29, 0.717) is 0 Å². The molecule has 0 N–H and O–H groups in total. The number of fused-ring (bicyclic) bond motifs is 2. The zero-order valence-corrected chi connectivity index (χ0v) is 18.8. The van der Waals surface area contributed by atoms with Gasteiger partial charge in [0.25, 0.3) is 0 Å². The molecular formula is C30H24N4+2. The number of benzene rings is 3. The summed E-state index contributed by atoms with van der Waals surface area (Å²) in [5.74, 6) is 0. The second-order valence-electron chi connectivity index (χ2n) is 8.54. The molecule has 0 unspecified atom stereocenters. The van der Waals surface area contributed by atoms with Crippen LogP contribution >= 0.6 is 0 Å². The third-order valence-corrected chi connectivity index (χ3v) is 6.09. The van der Waals surface area contributed by atoms with Crippen LogP contribution in [0, 0.1) is 0 Å². The minimum atomic E-state index is 0.788. The highest BCUT2D eigenvalue weighted by Crippen LogP contribution is 2.18. The zero-order chi connectivity index (χ0) is 22.7. The molecule has 0 saturated heterocycles. The third-order valence-electron chi connectivity index (χ3n) is 6.09. The van der Waals surface area contributed by atoms with Gasteiger partial charge in [0, 0.05) is 35.4 Å². The van der Waals surface area contributed by atoms with Crippen LogP contribution in [-0.4, -0.2) is 9.97 Å². The van der Waals surface area contributed by atoms with E-state index in [1.54, 1.807) is 0 Å². The Hall–Kier alpha value is -4.44. The van der Waals surface area contributed by atoms with E-state index in [-0.39, 0.29) is 0 Å². The van der Waals surface area contributed by atoms with E-state index in [2.05, 4.69) is 107 Å². The van der Waals surface area contributed by atoms with Crippen LogP contribution in [0.5, 0.6) is 0 Å². The van der Waals surface area contributed by atoms with Gasteiger partial charge < -0.3 is 0 Å². The summed E-state index contributed by atoms with van der Waals surface area (Å²) in [5.41, 5.74) is 8.64. The van der Waals surface area contributed by atoms with Crippen molar-refractivity contribution in [1.29, 1.82) is 0 Å². The second-order valence-corrected chi connectivity index (χ2v) is 8.54. The second kappa shape index (κ2) is 8.83. The van der Waals surface area contributed by atoms with E-state index in [0.717, 1.165) is 35.2 Å². The lowest BCUT2D eigenvalue weighted by atomic mass is 10.1. The molecule has 0 aliphatic heterocycles. The van der Waals surface area contributed by atoms with Gasteiger partial charge in [0.05, 0.1) is 22.1 Å². The van der Waals surface area contributed by atoms with Crippen LogP contribution in [0.4, 0.5) is 0 Å². The Morgan fingerprint density at radius 2 is 0.941 bits per heavy atom. The number of para-hydroxylation sites is 2. The molecule has 34 heavy (non-hydrogen) atoms. The SMILES string of the molecule is c1ccc(C[n+]2ccc(-c3cc[n+](Cc4ccc5nc6ccccc6nc5c4)cc3)cc2)cc1. The van der Waals surface area contributed by atoms with Gasteiger partial charge in [-0.1, -0.05) is 48.5 Å². The summed E-state index contributed by atoms with van der Waals surface area (Å²) >= 11 is 0. The summed E-state index contributed by atoms with van der Waals surface area (Å²) in [4.78, 5) is 9.52. The Kier molecular flexibility index (Phi) is 5.24. The van der Waals surface area contributed by atoms with Crippen molar-refractivity contribution in [3.63, 3.8) is 0 Å². The number of pyridine rings is 2. The summed E-state index contributed by atoms with van der Waals surface area (Å²) < 4.78 is 4.39. The number of nitrogens with zero attached hydrogens (tertiary/aromatic N) is 4. The first-order valence-corrected chi connectivity index (χ1v) is 11.5. The molecule has 6 rings (SSSR count). The quantitative estimate of drug-likeness (QED) is 0.275. The molecule has 0 saturated carbocycles. The largest absolute Gasteiger partial charge is 0.245 e. The van der Waals surface area contributed by atoms with E-state index in [1.807, 2.05) is 24.3 Å². The van der Waals surface area contributed by atoms with Crippen LogP contribution < -0.4 is 9.13 Å².